The number of likely N-dealkylation sites (tertiary alicyclic amines) is 1. The molecule has 2 rings (SSSR count). The minimum atomic E-state index is -2.76. The normalized spacial score (nSPS) is 16.6. The van der Waals surface area contributed by atoms with Crippen LogP contribution in [0.25, 0.3) is 0 Å². The third kappa shape index (κ3) is 5.43. The molecule has 0 amide bonds. The molecule has 1 aliphatic rings. The Morgan fingerprint density at radius 1 is 1.10 bits per heavy atom. The van der Waals surface area contributed by atoms with E-state index in [1.54, 1.807) is 12.1 Å². The van der Waals surface area contributed by atoms with E-state index in [1.807, 2.05) is 12.1 Å². The highest BCUT2D eigenvalue weighted by molar-refractivity contribution is 5.27. The summed E-state index contributed by atoms with van der Waals surface area (Å²) in [5.41, 5.74) is 1.07. The van der Waals surface area contributed by atoms with Crippen LogP contribution in [-0.2, 0) is 6.54 Å². The molecular formula is C15H22F2N2O. The molecule has 0 spiro atoms. The molecule has 1 aromatic rings. The molecule has 1 fully saturated rings. The van der Waals surface area contributed by atoms with Gasteiger partial charge in [0.2, 0.25) is 0 Å². The van der Waals surface area contributed by atoms with Crippen LogP contribution < -0.4 is 10.1 Å². The van der Waals surface area contributed by atoms with E-state index in [1.165, 1.54) is 32.4 Å². The second kappa shape index (κ2) is 8.17. The standard InChI is InChI=1S/C15H22F2N2O/c16-15(17)20-14-6-4-13(5-7-14)12-18-8-11-19-9-2-1-3-10-19/h4-7,15,18H,1-3,8-12H2. The Morgan fingerprint density at radius 2 is 1.80 bits per heavy atom. The van der Waals surface area contributed by atoms with Crippen LogP contribution in [0, 0.1) is 0 Å². The van der Waals surface area contributed by atoms with Crippen molar-refractivity contribution in [3.05, 3.63) is 29.8 Å². The van der Waals surface area contributed by atoms with E-state index in [0.717, 1.165) is 25.2 Å². The quantitative estimate of drug-likeness (QED) is 0.779. The zero-order valence-corrected chi connectivity index (χ0v) is 11.7. The zero-order valence-electron chi connectivity index (χ0n) is 11.7. The summed E-state index contributed by atoms with van der Waals surface area (Å²) in [7, 11) is 0. The Bertz CT molecular complexity index is 378. The van der Waals surface area contributed by atoms with E-state index in [0.29, 0.717) is 0 Å². The predicted octanol–water partition coefficient (Wildman–Crippen LogP) is 2.86. The Balaban J connectivity index is 1.63. The summed E-state index contributed by atoms with van der Waals surface area (Å²) in [6.07, 6.45) is 3.98. The van der Waals surface area contributed by atoms with E-state index >= 15 is 0 Å². The Labute approximate surface area is 118 Å². The van der Waals surface area contributed by atoms with E-state index < -0.39 is 6.61 Å². The molecule has 0 aliphatic carbocycles. The van der Waals surface area contributed by atoms with Crippen LogP contribution in [0.5, 0.6) is 5.75 Å². The van der Waals surface area contributed by atoms with Gasteiger partial charge in [0, 0.05) is 19.6 Å². The van der Waals surface area contributed by atoms with Gasteiger partial charge < -0.3 is 15.0 Å². The monoisotopic (exact) mass is 284 g/mol. The first-order chi connectivity index (χ1) is 9.74. The maximum absolute atomic E-state index is 12.0. The highest BCUT2D eigenvalue weighted by Crippen LogP contribution is 2.14. The van der Waals surface area contributed by atoms with Gasteiger partial charge in [0.25, 0.3) is 0 Å². The summed E-state index contributed by atoms with van der Waals surface area (Å²) in [4.78, 5) is 2.48. The number of nitrogens with one attached hydrogen (secondary N) is 1. The van der Waals surface area contributed by atoms with E-state index in [2.05, 4.69) is 15.0 Å². The molecule has 112 valence electrons. The van der Waals surface area contributed by atoms with Gasteiger partial charge >= 0.3 is 6.61 Å². The van der Waals surface area contributed by atoms with Gasteiger partial charge in [-0.3, -0.25) is 0 Å². The number of piperidine rings is 1. The average Bonchev–Trinajstić information content (AvgIpc) is 2.46. The highest BCUT2D eigenvalue weighted by atomic mass is 19.3. The summed E-state index contributed by atoms with van der Waals surface area (Å²) < 4.78 is 28.3. The van der Waals surface area contributed by atoms with Crippen LogP contribution >= 0.6 is 0 Å². The van der Waals surface area contributed by atoms with Gasteiger partial charge in [-0.1, -0.05) is 18.6 Å². The first kappa shape index (κ1) is 15.2. The van der Waals surface area contributed by atoms with E-state index in [-0.39, 0.29) is 5.75 Å². The van der Waals surface area contributed by atoms with Crippen LogP contribution in [-0.4, -0.2) is 37.7 Å². The van der Waals surface area contributed by atoms with Gasteiger partial charge in [-0.15, -0.1) is 0 Å². The van der Waals surface area contributed by atoms with E-state index in [9.17, 15) is 8.78 Å². The van der Waals surface area contributed by atoms with Crippen molar-refractivity contribution in [2.24, 2.45) is 0 Å². The smallest absolute Gasteiger partial charge is 0.387 e. The number of nitrogens with zero attached hydrogens (tertiary/aromatic N) is 1. The number of ether oxygens (including phenoxy) is 1. The Morgan fingerprint density at radius 3 is 2.45 bits per heavy atom. The number of rotatable bonds is 7. The summed E-state index contributed by atoms with van der Waals surface area (Å²) in [6.45, 7) is 2.44. The number of alkyl halides is 2. The minimum Gasteiger partial charge on any atom is -0.435 e. The van der Waals surface area contributed by atoms with Crippen molar-refractivity contribution in [1.82, 2.24) is 10.2 Å². The van der Waals surface area contributed by atoms with Crippen molar-refractivity contribution < 1.29 is 13.5 Å². The van der Waals surface area contributed by atoms with Crippen LogP contribution in [0.1, 0.15) is 24.8 Å². The molecule has 1 aromatic carbocycles. The van der Waals surface area contributed by atoms with Crippen molar-refractivity contribution in [3.63, 3.8) is 0 Å². The molecule has 1 aliphatic heterocycles. The molecule has 0 saturated carbocycles. The van der Waals surface area contributed by atoms with E-state index in [4.69, 9.17) is 0 Å². The first-order valence-electron chi connectivity index (χ1n) is 7.21. The van der Waals surface area contributed by atoms with Crippen LogP contribution in [0.15, 0.2) is 24.3 Å². The van der Waals surface area contributed by atoms with Gasteiger partial charge in [-0.25, -0.2) is 0 Å². The number of hydrogen-bond donors (Lipinski definition) is 1. The average molecular weight is 284 g/mol. The third-order valence-corrected chi connectivity index (χ3v) is 3.53. The van der Waals surface area contributed by atoms with Gasteiger partial charge in [0.1, 0.15) is 5.75 Å². The SMILES string of the molecule is FC(F)Oc1ccc(CNCCN2CCCCC2)cc1. The lowest BCUT2D eigenvalue weighted by Gasteiger charge is -2.26. The lowest BCUT2D eigenvalue weighted by molar-refractivity contribution is -0.0498. The molecule has 1 saturated heterocycles. The molecule has 5 heteroatoms. The fourth-order valence-corrected chi connectivity index (χ4v) is 2.44. The molecule has 3 nitrogen and oxygen atoms in total. The van der Waals surface area contributed by atoms with Gasteiger partial charge in [0.05, 0.1) is 0 Å². The molecule has 1 N–H and O–H groups in total. The van der Waals surface area contributed by atoms with Gasteiger partial charge in [-0.05, 0) is 43.6 Å². The van der Waals surface area contributed by atoms with Crippen molar-refractivity contribution in [1.29, 1.82) is 0 Å². The Hall–Kier alpha value is -1.20. The lowest BCUT2D eigenvalue weighted by Crippen LogP contribution is -2.35. The summed E-state index contributed by atoms with van der Waals surface area (Å²) in [5.74, 6) is 0.206. The maximum Gasteiger partial charge on any atom is 0.387 e. The van der Waals surface area contributed by atoms with Crippen LogP contribution in [0.3, 0.4) is 0 Å². The molecule has 0 atom stereocenters. The second-order valence-electron chi connectivity index (χ2n) is 5.10. The van der Waals surface area contributed by atoms with Crippen molar-refractivity contribution in [3.8, 4) is 5.75 Å². The number of hydrogen-bond acceptors (Lipinski definition) is 3. The molecule has 0 aromatic heterocycles. The second-order valence-corrected chi connectivity index (χ2v) is 5.10. The number of benzene rings is 1. The van der Waals surface area contributed by atoms with Gasteiger partial charge in [0.15, 0.2) is 0 Å². The summed E-state index contributed by atoms with van der Waals surface area (Å²) in [5, 5.41) is 3.38. The molecular weight excluding hydrogens is 262 g/mol. The Kier molecular flexibility index (Phi) is 6.21. The number of halogens is 2. The molecule has 0 radical (unpaired) electrons. The van der Waals surface area contributed by atoms with Crippen molar-refractivity contribution in [2.45, 2.75) is 32.4 Å². The third-order valence-electron chi connectivity index (χ3n) is 3.53. The summed E-state index contributed by atoms with van der Waals surface area (Å²) >= 11 is 0. The minimum absolute atomic E-state index is 0.206. The van der Waals surface area contributed by atoms with Crippen molar-refractivity contribution >= 4 is 0 Å². The molecule has 1 heterocycles. The van der Waals surface area contributed by atoms with Crippen molar-refractivity contribution in [2.75, 3.05) is 26.2 Å². The van der Waals surface area contributed by atoms with Gasteiger partial charge in [-0.2, -0.15) is 8.78 Å². The zero-order chi connectivity index (χ0) is 14.2. The maximum atomic E-state index is 12.0. The summed E-state index contributed by atoms with van der Waals surface area (Å²) in [6, 6.07) is 6.78. The topological polar surface area (TPSA) is 24.5 Å². The van der Waals surface area contributed by atoms with Crippen LogP contribution in [0.4, 0.5) is 8.78 Å². The van der Waals surface area contributed by atoms with Crippen LogP contribution in [0.2, 0.25) is 0 Å². The predicted molar refractivity (Wildman–Crippen MR) is 75.1 cm³/mol. The highest BCUT2D eigenvalue weighted by Gasteiger charge is 2.08. The first-order valence-corrected chi connectivity index (χ1v) is 7.21. The molecule has 0 bridgehead atoms. The lowest BCUT2D eigenvalue weighted by atomic mass is 10.1. The fraction of sp³-hybridized carbons (Fsp3) is 0.600. The molecule has 20 heavy (non-hydrogen) atoms. The largest absolute Gasteiger partial charge is 0.435 e. The molecule has 0 unspecified atom stereocenters. The fourth-order valence-electron chi connectivity index (χ4n) is 2.44.